The van der Waals surface area contributed by atoms with E-state index in [4.69, 9.17) is 23.2 Å². The van der Waals surface area contributed by atoms with E-state index in [-0.39, 0.29) is 5.78 Å². The Kier molecular flexibility index (Phi) is 9.05. The molecule has 0 bridgehead atoms. The Morgan fingerprint density at radius 1 is 0.607 bits per heavy atom. The highest BCUT2D eigenvalue weighted by Crippen LogP contribution is 2.19. The van der Waals surface area contributed by atoms with Gasteiger partial charge in [-0.2, -0.15) is 0 Å². The van der Waals surface area contributed by atoms with Gasteiger partial charge >= 0.3 is 0 Å². The number of ketones is 1. The van der Waals surface area contributed by atoms with Crippen molar-refractivity contribution in [1.82, 2.24) is 0 Å². The molecule has 0 aliphatic heterocycles. The maximum atomic E-state index is 12.6. The van der Waals surface area contributed by atoms with Crippen molar-refractivity contribution in [2.24, 2.45) is 11.8 Å². The van der Waals surface area contributed by atoms with Gasteiger partial charge in [0.2, 0.25) is 0 Å². The summed E-state index contributed by atoms with van der Waals surface area (Å²) in [5.74, 6) is 1.16. The minimum absolute atomic E-state index is 0.0964. The number of hydrogen-bond donors (Lipinski definition) is 0. The fourth-order valence-corrected chi connectivity index (χ4v) is 4.10. The van der Waals surface area contributed by atoms with Crippen LogP contribution in [0.3, 0.4) is 0 Å². The van der Waals surface area contributed by atoms with Gasteiger partial charge in [0.25, 0.3) is 0 Å². The van der Waals surface area contributed by atoms with Gasteiger partial charge in [-0.05, 0) is 59.8 Å². The molecule has 1 nitrogen and oxygen atoms in total. The summed E-state index contributed by atoms with van der Waals surface area (Å²) in [6.07, 6.45) is 3.14. The molecule has 0 N–H and O–H groups in total. The van der Waals surface area contributed by atoms with Crippen LogP contribution in [0.2, 0.25) is 0 Å². The molecule has 2 aromatic carbocycles. The number of hydrogen-bond acceptors (Lipinski definition) is 1. The smallest absolute Gasteiger partial charge is 0.169 e. The second-order valence-electron chi connectivity index (χ2n) is 8.57. The summed E-state index contributed by atoms with van der Waals surface area (Å²) in [6.45, 7) is 8.83. The molecule has 0 spiro atoms. The summed E-state index contributed by atoms with van der Waals surface area (Å²) in [7, 11) is 0. The summed E-state index contributed by atoms with van der Waals surface area (Å²) >= 11 is 12.8. The lowest BCUT2D eigenvalue weighted by Crippen LogP contribution is -2.28. The maximum Gasteiger partial charge on any atom is 0.169 e. The Labute approximate surface area is 180 Å². The van der Waals surface area contributed by atoms with Gasteiger partial charge in [0.1, 0.15) is 0 Å². The van der Waals surface area contributed by atoms with Crippen molar-refractivity contribution in [2.45, 2.75) is 64.1 Å². The van der Waals surface area contributed by atoms with Crippen LogP contribution >= 0.6 is 23.2 Å². The molecule has 0 saturated carbocycles. The summed E-state index contributed by atoms with van der Waals surface area (Å²) in [5.41, 5.74) is 4.77. The third-order valence-corrected chi connectivity index (χ3v) is 5.52. The van der Waals surface area contributed by atoms with Crippen molar-refractivity contribution in [3.63, 3.8) is 0 Å². The Hall–Kier alpha value is -1.31. The van der Waals surface area contributed by atoms with Crippen LogP contribution in [-0.4, -0.2) is 16.5 Å². The van der Waals surface area contributed by atoms with E-state index < -0.39 is 10.8 Å². The van der Waals surface area contributed by atoms with Gasteiger partial charge in [0, 0.05) is 0 Å². The van der Waals surface area contributed by atoms with E-state index in [1.54, 1.807) is 0 Å². The van der Waals surface area contributed by atoms with Crippen LogP contribution in [0.4, 0.5) is 0 Å². The zero-order valence-electron chi connectivity index (χ0n) is 17.4. The molecule has 152 valence electrons. The Morgan fingerprint density at radius 3 is 1.11 bits per heavy atom. The molecule has 2 atom stereocenters. The summed E-state index contributed by atoms with van der Waals surface area (Å²) in [4.78, 5) is 12.6. The van der Waals surface area contributed by atoms with Crippen LogP contribution < -0.4 is 0 Å². The highest BCUT2D eigenvalue weighted by molar-refractivity contribution is 6.40. The summed E-state index contributed by atoms with van der Waals surface area (Å²) < 4.78 is 0. The van der Waals surface area contributed by atoms with Gasteiger partial charge < -0.3 is 0 Å². The van der Waals surface area contributed by atoms with E-state index in [2.05, 4.69) is 76.2 Å². The minimum atomic E-state index is -0.598. The van der Waals surface area contributed by atoms with Crippen molar-refractivity contribution in [2.75, 3.05) is 0 Å². The molecule has 0 fully saturated rings. The van der Waals surface area contributed by atoms with Gasteiger partial charge in [-0.1, -0.05) is 76.2 Å². The fraction of sp³-hybridized carbons (Fsp3) is 0.480. The van der Waals surface area contributed by atoms with E-state index in [9.17, 15) is 4.79 Å². The van der Waals surface area contributed by atoms with Gasteiger partial charge in [0.15, 0.2) is 5.78 Å². The first-order chi connectivity index (χ1) is 13.2. The molecule has 28 heavy (non-hydrogen) atoms. The largest absolute Gasteiger partial charge is 0.296 e. The van der Waals surface area contributed by atoms with Crippen molar-refractivity contribution < 1.29 is 4.79 Å². The van der Waals surface area contributed by atoms with Crippen molar-refractivity contribution in [1.29, 1.82) is 0 Å². The molecule has 2 aromatic rings. The molecule has 2 rings (SSSR count). The number of halogens is 2. The molecule has 0 amide bonds. The number of rotatable bonds is 10. The maximum absolute atomic E-state index is 12.6. The number of benzene rings is 2. The zero-order valence-corrected chi connectivity index (χ0v) is 18.9. The lowest BCUT2D eigenvalue weighted by molar-refractivity contribution is -0.118. The Bertz CT molecular complexity index is 669. The number of carbonyl (C=O) groups excluding carboxylic acids is 1. The lowest BCUT2D eigenvalue weighted by atomic mass is 9.97. The van der Waals surface area contributed by atoms with Crippen LogP contribution in [0, 0.1) is 11.8 Å². The summed E-state index contributed by atoms with van der Waals surface area (Å²) in [5, 5.41) is -1.20. The first-order valence-electron chi connectivity index (χ1n) is 10.2. The van der Waals surface area contributed by atoms with E-state index in [0.29, 0.717) is 24.7 Å². The Morgan fingerprint density at radius 2 is 0.857 bits per heavy atom. The highest BCUT2D eigenvalue weighted by Gasteiger charge is 2.24. The zero-order chi connectivity index (χ0) is 20.7. The number of carbonyl (C=O) groups is 1. The molecule has 0 aliphatic rings. The first-order valence-corrected chi connectivity index (χ1v) is 11.1. The average Bonchev–Trinajstić information content (AvgIpc) is 2.63. The van der Waals surface area contributed by atoms with Gasteiger partial charge in [-0.3, -0.25) is 4.79 Å². The van der Waals surface area contributed by atoms with Crippen LogP contribution in [0.25, 0.3) is 0 Å². The molecule has 0 aliphatic carbocycles. The van der Waals surface area contributed by atoms with Gasteiger partial charge in [0.05, 0.1) is 10.8 Å². The minimum Gasteiger partial charge on any atom is -0.296 e. The van der Waals surface area contributed by atoms with Crippen LogP contribution in [-0.2, 0) is 30.5 Å². The van der Waals surface area contributed by atoms with Crippen molar-refractivity contribution >= 4 is 29.0 Å². The first kappa shape index (κ1) is 23.0. The van der Waals surface area contributed by atoms with E-state index in [1.165, 1.54) is 11.1 Å². The van der Waals surface area contributed by atoms with E-state index in [1.807, 2.05) is 0 Å². The molecule has 0 saturated heterocycles. The van der Waals surface area contributed by atoms with Crippen molar-refractivity contribution in [3.05, 3.63) is 70.8 Å². The van der Waals surface area contributed by atoms with Crippen LogP contribution in [0.5, 0.6) is 0 Å². The summed E-state index contributed by atoms with van der Waals surface area (Å²) in [6, 6.07) is 16.8. The standard InChI is InChI=1S/C25H32Cl2O/c1-17(2)13-19-5-9-21(10-6-19)15-23(26)25(28)24(27)16-22-11-7-20(8-12-22)14-18(3)4/h5-12,17-18,23-24H,13-16H2,1-4H3. The van der Waals surface area contributed by atoms with Gasteiger partial charge in [-0.15, -0.1) is 23.2 Å². The predicted molar refractivity (Wildman–Crippen MR) is 122 cm³/mol. The second kappa shape index (κ2) is 11.0. The lowest BCUT2D eigenvalue weighted by Gasteiger charge is -2.14. The molecule has 0 heterocycles. The molecule has 0 radical (unpaired) electrons. The molecular formula is C25H32Cl2O. The second-order valence-corrected chi connectivity index (χ2v) is 9.63. The third-order valence-electron chi connectivity index (χ3n) is 4.78. The predicted octanol–water partition coefficient (Wildman–Crippen LogP) is 6.65. The van der Waals surface area contributed by atoms with Crippen LogP contribution in [0.15, 0.2) is 48.5 Å². The van der Waals surface area contributed by atoms with E-state index in [0.717, 1.165) is 24.0 Å². The Balaban J connectivity index is 1.89. The topological polar surface area (TPSA) is 17.1 Å². The van der Waals surface area contributed by atoms with Crippen molar-refractivity contribution in [3.8, 4) is 0 Å². The third kappa shape index (κ3) is 7.60. The fourth-order valence-electron chi connectivity index (χ4n) is 3.38. The molecule has 3 heteroatoms. The normalized spacial score (nSPS) is 13.7. The number of alkyl halides is 2. The highest BCUT2D eigenvalue weighted by atomic mass is 35.5. The molecule has 2 unspecified atom stereocenters. The van der Waals surface area contributed by atoms with Gasteiger partial charge in [-0.25, -0.2) is 0 Å². The van der Waals surface area contributed by atoms with Crippen LogP contribution in [0.1, 0.15) is 49.9 Å². The molecule has 0 aromatic heterocycles. The quantitative estimate of drug-likeness (QED) is 0.394. The monoisotopic (exact) mass is 418 g/mol. The average molecular weight is 419 g/mol. The SMILES string of the molecule is CC(C)Cc1ccc(CC(Cl)C(=O)C(Cl)Cc2ccc(CC(C)C)cc2)cc1. The molecular weight excluding hydrogens is 387 g/mol. The van der Waals surface area contributed by atoms with E-state index >= 15 is 0 Å². The number of Topliss-reactive ketones (excluding diaryl/α,β-unsaturated/α-hetero) is 1.